The normalized spacial score (nSPS) is 11.9. The Morgan fingerprint density at radius 2 is 1.74 bits per heavy atom. The monoisotopic (exact) mass is 463 g/mol. The molecule has 3 aromatic heterocycles. The molecule has 0 aliphatic rings. The van der Waals surface area contributed by atoms with Crippen molar-refractivity contribution in [2.24, 2.45) is 5.16 Å². The third-order valence-corrected chi connectivity index (χ3v) is 5.21. The first kappa shape index (κ1) is 21.4. The lowest BCUT2D eigenvalue weighted by atomic mass is 10.2. The summed E-state index contributed by atoms with van der Waals surface area (Å²) in [5.74, 6) is -0.599. The second-order valence-electron chi connectivity index (χ2n) is 7.49. The van der Waals surface area contributed by atoms with Gasteiger partial charge < -0.3 is 23.5 Å². The average molecular weight is 463 g/mol. The SMILES string of the molecule is O/N=c1/cc(-c2cc3cccn3cn2)oc2ccc(OCCCOc3ccc(F)c(F)c3)cc12. The lowest BCUT2D eigenvalue weighted by Gasteiger charge is -2.09. The van der Waals surface area contributed by atoms with Crippen LogP contribution in [0.4, 0.5) is 8.78 Å². The van der Waals surface area contributed by atoms with Gasteiger partial charge in [0, 0.05) is 30.3 Å². The molecule has 7 nitrogen and oxygen atoms in total. The Hall–Kier alpha value is -4.40. The second-order valence-corrected chi connectivity index (χ2v) is 7.49. The Bertz CT molecular complexity index is 1540. The number of nitrogens with zero attached hydrogens (tertiary/aromatic N) is 3. The van der Waals surface area contributed by atoms with Gasteiger partial charge in [0.05, 0.1) is 24.9 Å². The van der Waals surface area contributed by atoms with Crippen molar-refractivity contribution in [2.45, 2.75) is 6.42 Å². The van der Waals surface area contributed by atoms with Crippen molar-refractivity contribution < 1.29 is 27.9 Å². The van der Waals surface area contributed by atoms with Gasteiger partial charge in [-0.2, -0.15) is 0 Å². The van der Waals surface area contributed by atoms with Crippen LogP contribution in [0.15, 0.2) is 82.8 Å². The van der Waals surface area contributed by atoms with Crippen LogP contribution in [0.5, 0.6) is 11.5 Å². The second kappa shape index (κ2) is 9.22. The molecule has 0 unspecified atom stereocenters. The van der Waals surface area contributed by atoms with E-state index >= 15 is 0 Å². The van der Waals surface area contributed by atoms with Crippen LogP contribution < -0.4 is 14.8 Å². The van der Waals surface area contributed by atoms with Gasteiger partial charge in [-0.05, 0) is 48.5 Å². The van der Waals surface area contributed by atoms with Crippen LogP contribution in [0.2, 0.25) is 0 Å². The van der Waals surface area contributed by atoms with E-state index in [0.717, 1.165) is 17.6 Å². The van der Waals surface area contributed by atoms with E-state index in [4.69, 9.17) is 13.9 Å². The van der Waals surface area contributed by atoms with Crippen LogP contribution in [-0.4, -0.2) is 27.8 Å². The van der Waals surface area contributed by atoms with Gasteiger partial charge in [-0.1, -0.05) is 5.16 Å². The Morgan fingerprint density at radius 1 is 0.941 bits per heavy atom. The highest BCUT2D eigenvalue weighted by molar-refractivity contribution is 5.80. The molecule has 0 aliphatic carbocycles. The molecule has 2 aromatic carbocycles. The van der Waals surface area contributed by atoms with Gasteiger partial charge in [0.25, 0.3) is 0 Å². The quantitative estimate of drug-likeness (QED) is 0.205. The van der Waals surface area contributed by atoms with Gasteiger partial charge >= 0.3 is 0 Å². The molecule has 0 saturated heterocycles. The maximum atomic E-state index is 13.2. The fourth-order valence-corrected chi connectivity index (χ4v) is 3.52. The summed E-state index contributed by atoms with van der Waals surface area (Å²) in [5, 5.41) is 13.9. The summed E-state index contributed by atoms with van der Waals surface area (Å²) < 4.78 is 45.2. The Balaban J connectivity index is 1.28. The average Bonchev–Trinajstić information content (AvgIpc) is 3.33. The molecule has 5 rings (SSSR count). The van der Waals surface area contributed by atoms with E-state index in [1.165, 1.54) is 6.07 Å². The van der Waals surface area contributed by atoms with Gasteiger partial charge in [0.1, 0.15) is 28.1 Å². The van der Waals surface area contributed by atoms with E-state index in [2.05, 4.69) is 10.1 Å². The molecule has 9 heteroatoms. The van der Waals surface area contributed by atoms with Crippen LogP contribution in [-0.2, 0) is 0 Å². The largest absolute Gasteiger partial charge is 0.493 e. The van der Waals surface area contributed by atoms with Crippen LogP contribution >= 0.6 is 0 Å². The van der Waals surface area contributed by atoms with Crippen LogP contribution in [0, 0.1) is 11.6 Å². The topological polar surface area (TPSA) is 81.5 Å². The minimum Gasteiger partial charge on any atom is -0.493 e. The van der Waals surface area contributed by atoms with E-state index in [9.17, 15) is 14.0 Å². The van der Waals surface area contributed by atoms with Crippen LogP contribution in [0.3, 0.4) is 0 Å². The molecule has 5 aromatic rings. The van der Waals surface area contributed by atoms with E-state index in [1.807, 2.05) is 28.8 Å². The van der Waals surface area contributed by atoms with Crippen molar-refractivity contribution in [3.05, 3.63) is 90.2 Å². The first-order valence-electron chi connectivity index (χ1n) is 10.5. The minimum absolute atomic E-state index is 0.252. The van der Waals surface area contributed by atoms with Crippen molar-refractivity contribution >= 4 is 16.5 Å². The van der Waals surface area contributed by atoms with Gasteiger partial charge in [-0.3, -0.25) is 0 Å². The van der Waals surface area contributed by atoms with Gasteiger partial charge in [0.15, 0.2) is 17.4 Å². The molecule has 0 radical (unpaired) electrons. The predicted molar refractivity (Wildman–Crippen MR) is 120 cm³/mol. The number of hydrogen-bond acceptors (Lipinski definition) is 6. The molecule has 3 heterocycles. The third-order valence-electron chi connectivity index (χ3n) is 5.21. The predicted octanol–water partition coefficient (Wildman–Crippen LogP) is 5.16. The third kappa shape index (κ3) is 4.40. The van der Waals surface area contributed by atoms with Crippen LogP contribution in [0.1, 0.15) is 6.42 Å². The number of aromatic nitrogens is 2. The van der Waals surface area contributed by atoms with Gasteiger partial charge in [-0.25, -0.2) is 13.8 Å². The maximum Gasteiger partial charge on any atom is 0.162 e. The molecule has 0 aliphatic heterocycles. The van der Waals surface area contributed by atoms with Crippen molar-refractivity contribution in [1.82, 2.24) is 9.38 Å². The summed E-state index contributed by atoms with van der Waals surface area (Å²) in [4.78, 5) is 4.41. The number of ether oxygens (including phenoxy) is 2. The highest BCUT2D eigenvalue weighted by Gasteiger charge is 2.10. The van der Waals surface area contributed by atoms with Crippen molar-refractivity contribution in [1.29, 1.82) is 0 Å². The zero-order chi connectivity index (χ0) is 23.5. The Morgan fingerprint density at radius 3 is 2.53 bits per heavy atom. The van der Waals surface area contributed by atoms with Crippen molar-refractivity contribution in [3.63, 3.8) is 0 Å². The smallest absolute Gasteiger partial charge is 0.162 e. The summed E-state index contributed by atoms with van der Waals surface area (Å²) in [6.07, 6.45) is 4.10. The first-order chi connectivity index (χ1) is 16.6. The Kier molecular flexibility index (Phi) is 5.82. The lowest BCUT2D eigenvalue weighted by Crippen LogP contribution is -2.07. The lowest BCUT2D eigenvalue weighted by molar-refractivity contribution is 0.246. The van der Waals surface area contributed by atoms with Crippen molar-refractivity contribution in [3.8, 4) is 23.0 Å². The molecule has 0 saturated carbocycles. The van der Waals surface area contributed by atoms with Gasteiger partial charge in [-0.15, -0.1) is 0 Å². The zero-order valence-corrected chi connectivity index (χ0v) is 17.8. The van der Waals surface area contributed by atoms with Crippen molar-refractivity contribution in [2.75, 3.05) is 13.2 Å². The van der Waals surface area contributed by atoms with E-state index in [0.29, 0.717) is 46.6 Å². The molecular formula is C25H19F2N3O4. The number of halogens is 2. The highest BCUT2D eigenvalue weighted by Crippen LogP contribution is 2.25. The fraction of sp³-hybridized carbons (Fsp3) is 0.120. The van der Waals surface area contributed by atoms with E-state index < -0.39 is 11.6 Å². The number of benzene rings is 2. The zero-order valence-electron chi connectivity index (χ0n) is 17.8. The van der Waals surface area contributed by atoms with Crippen LogP contribution in [0.25, 0.3) is 27.9 Å². The summed E-state index contributed by atoms with van der Waals surface area (Å²) in [7, 11) is 0. The standard InChI is InChI=1S/C25H19F2N3O4/c26-20-6-4-18(13-21(20)27)33-10-2-9-32-17-5-7-24-19(12-17)22(29-31)14-25(34-24)23-11-16-3-1-8-30(16)15-28-23/h1,3-8,11-15,31H,2,9-10H2/b29-22-. The molecule has 0 bridgehead atoms. The Labute approximate surface area is 192 Å². The molecule has 0 fully saturated rings. The summed E-state index contributed by atoms with van der Waals surface area (Å²) in [5.41, 5.74) is 2.08. The summed E-state index contributed by atoms with van der Waals surface area (Å²) >= 11 is 0. The number of hydrogen-bond donors (Lipinski definition) is 1. The molecule has 0 atom stereocenters. The molecule has 0 amide bonds. The van der Waals surface area contributed by atoms with E-state index in [1.54, 1.807) is 30.6 Å². The highest BCUT2D eigenvalue weighted by atomic mass is 19.2. The maximum absolute atomic E-state index is 13.2. The molecule has 172 valence electrons. The summed E-state index contributed by atoms with van der Waals surface area (Å²) in [6, 6.07) is 16.0. The van der Waals surface area contributed by atoms with E-state index in [-0.39, 0.29) is 12.4 Å². The number of rotatable bonds is 7. The summed E-state index contributed by atoms with van der Waals surface area (Å²) in [6.45, 7) is 0.602. The number of fused-ring (bicyclic) bond motifs is 2. The first-order valence-corrected chi connectivity index (χ1v) is 10.5. The molecule has 34 heavy (non-hydrogen) atoms. The van der Waals surface area contributed by atoms with Gasteiger partial charge in [0.2, 0.25) is 0 Å². The fourth-order valence-electron chi connectivity index (χ4n) is 3.52. The minimum atomic E-state index is -0.954. The molecule has 1 N–H and O–H groups in total. The molecule has 0 spiro atoms. The molecular weight excluding hydrogens is 444 g/mol.